The van der Waals surface area contributed by atoms with Crippen molar-refractivity contribution in [2.24, 2.45) is 0 Å². The lowest BCUT2D eigenvalue weighted by Crippen LogP contribution is -2.23. The van der Waals surface area contributed by atoms with Gasteiger partial charge in [-0.2, -0.15) is 10.2 Å². The van der Waals surface area contributed by atoms with Crippen molar-refractivity contribution in [1.29, 1.82) is 0 Å². The second-order valence-corrected chi connectivity index (χ2v) is 5.52. The summed E-state index contributed by atoms with van der Waals surface area (Å²) in [5.74, 6) is 1.88. The second-order valence-electron chi connectivity index (χ2n) is 5.52. The Kier molecular flexibility index (Phi) is 2.84. The van der Waals surface area contributed by atoms with Crippen molar-refractivity contribution >= 4 is 0 Å². The topological polar surface area (TPSA) is 48.5 Å². The van der Waals surface area contributed by atoms with Gasteiger partial charge in [-0.15, -0.1) is 0 Å². The fourth-order valence-electron chi connectivity index (χ4n) is 2.86. The van der Waals surface area contributed by atoms with E-state index in [4.69, 9.17) is 4.98 Å². The van der Waals surface area contributed by atoms with Gasteiger partial charge in [0.1, 0.15) is 5.82 Å². The van der Waals surface area contributed by atoms with Crippen molar-refractivity contribution in [1.82, 2.24) is 24.5 Å². The van der Waals surface area contributed by atoms with Gasteiger partial charge < -0.3 is 0 Å². The van der Waals surface area contributed by atoms with Gasteiger partial charge in [0.25, 0.3) is 0 Å². The molecule has 3 aromatic rings. The van der Waals surface area contributed by atoms with Gasteiger partial charge in [0, 0.05) is 24.7 Å². The van der Waals surface area contributed by atoms with E-state index in [-0.39, 0.29) is 0 Å². The van der Waals surface area contributed by atoms with Crippen LogP contribution in [0.5, 0.6) is 0 Å². The van der Waals surface area contributed by atoms with Gasteiger partial charge in [-0.3, -0.25) is 4.68 Å². The summed E-state index contributed by atoms with van der Waals surface area (Å²) in [5.41, 5.74) is 2.14. The van der Waals surface area contributed by atoms with Gasteiger partial charge in [-0.1, -0.05) is 30.3 Å². The molecule has 2 aromatic heterocycles. The lowest BCUT2D eigenvalue weighted by molar-refractivity contribution is 0.334. The number of aromatic nitrogens is 5. The Hall–Kier alpha value is -2.43. The molecule has 5 heteroatoms. The first-order valence-electron chi connectivity index (χ1n) is 7.30. The first-order valence-corrected chi connectivity index (χ1v) is 7.30. The molecule has 0 saturated carbocycles. The van der Waals surface area contributed by atoms with Crippen LogP contribution in [-0.2, 0) is 13.0 Å². The fourth-order valence-corrected chi connectivity index (χ4v) is 2.86. The molecule has 0 spiro atoms. The standard InChI is InChI=1S/C16H17N5/c1-12-7-9-20(18-12)14-8-10-21-15(11-14)17-16(19-21)13-5-3-2-4-6-13/h2-7,9,14H,8,10-11H2,1H3. The average Bonchev–Trinajstić information content (AvgIpc) is 3.13. The van der Waals surface area contributed by atoms with Crippen LogP contribution >= 0.6 is 0 Å². The third-order valence-electron chi connectivity index (χ3n) is 3.99. The molecule has 0 aliphatic carbocycles. The van der Waals surface area contributed by atoms with Crippen molar-refractivity contribution in [3.8, 4) is 11.4 Å². The van der Waals surface area contributed by atoms with E-state index in [0.29, 0.717) is 6.04 Å². The number of fused-ring (bicyclic) bond motifs is 1. The summed E-state index contributed by atoms with van der Waals surface area (Å²) in [5, 5.41) is 9.16. The fraction of sp³-hybridized carbons (Fsp3) is 0.312. The molecule has 3 heterocycles. The molecule has 5 nitrogen and oxygen atoms in total. The zero-order valence-electron chi connectivity index (χ0n) is 12.0. The molecule has 0 saturated heterocycles. The molecule has 1 aliphatic rings. The summed E-state index contributed by atoms with van der Waals surface area (Å²) in [7, 11) is 0. The van der Waals surface area contributed by atoms with Gasteiger partial charge in [0.15, 0.2) is 5.82 Å². The van der Waals surface area contributed by atoms with Crippen LogP contribution in [0.15, 0.2) is 42.6 Å². The van der Waals surface area contributed by atoms with E-state index in [0.717, 1.165) is 42.3 Å². The molecule has 21 heavy (non-hydrogen) atoms. The van der Waals surface area contributed by atoms with Crippen LogP contribution in [0.2, 0.25) is 0 Å². The number of hydrogen-bond acceptors (Lipinski definition) is 3. The van der Waals surface area contributed by atoms with Crippen LogP contribution in [-0.4, -0.2) is 24.5 Å². The highest BCUT2D eigenvalue weighted by Gasteiger charge is 2.23. The maximum absolute atomic E-state index is 4.71. The van der Waals surface area contributed by atoms with E-state index in [1.165, 1.54) is 0 Å². The molecular weight excluding hydrogens is 262 g/mol. The Morgan fingerprint density at radius 3 is 2.71 bits per heavy atom. The minimum Gasteiger partial charge on any atom is -0.269 e. The van der Waals surface area contributed by atoms with E-state index >= 15 is 0 Å². The first kappa shape index (κ1) is 12.3. The maximum atomic E-state index is 4.71. The van der Waals surface area contributed by atoms with Gasteiger partial charge >= 0.3 is 0 Å². The summed E-state index contributed by atoms with van der Waals surface area (Å²) in [6.45, 7) is 2.92. The summed E-state index contributed by atoms with van der Waals surface area (Å²) < 4.78 is 4.10. The second kappa shape index (κ2) is 4.84. The molecule has 1 aromatic carbocycles. The minimum absolute atomic E-state index is 0.388. The quantitative estimate of drug-likeness (QED) is 0.724. The number of hydrogen-bond donors (Lipinski definition) is 0. The van der Waals surface area contributed by atoms with Crippen LogP contribution in [0.1, 0.15) is 24.0 Å². The molecule has 0 fully saturated rings. The zero-order valence-corrected chi connectivity index (χ0v) is 12.0. The molecule has 1 atom stereocenters. The largest absolute Gasteiger partial charge is 0.269 e. The molecule has 1 unspecified atom stereocenters. The highest BCUT2D eigenvalue weighted by molar-refractivity contribution is 5.54. The van der Waals surface area contributed by atoms with Crippen molar-refractivity contribution in [2.45, 2.75) is 32.4 Å². The lowest BCUT2D eigenvalue weighted by Gasteiger charge is -2.22. The maximum Gasteiger partial charge on any atom is 0.181 e. The number of nitrogens with zero attached hydrogens (tertiary/aromatic N) is 5. The summed E-state index contributed by atoms with van der Waals surface area (Å²) in [6.07, 6.45) is 4.00. The molecular formula is C16H17N5. The van der Waals surface area contributed by atoms with Crippen molar-refractivity contribution < 1.29 is 0 Å². The number of rotatable bonds is 2. The molecule has 0 radical (unpaired) electrons. The van der Waals surface area contributed by atoms with Crippen LogP contribution in [0.25, 0.3) is 11.4 Å². The zero-order chi connectivity index (χ0) is 14.2. The normalized spacial score (nSPS) is 17.7. The molecule has 1 aliphatic heterocycles. The highest BCUT2D eigenvalue weighted by Crippen LogP contribution is 2.25. The highest BCUT2D eigenvalue weighted by atomic mass is 15.4. The van der Waals surface area contributed by atoms with Crippen LogP contribution in [0.4, 0.5) is 0 Å². The Labute approximate surface area is 123 Å². The van der Waals surface area contributed by atoms with Crippen molar-refractivity contribution in [3.05, 3.63) is 54.1 Å². The molecule has 0 amide bonds. The van der Waals surface area contributed by atoms with Gasteiger partial charge in [-0.25, -0.2) is 9.67 Å². The minimum atomic E-state index is 0.388. The van der Waals surface area contributed by atoms with Crippen LogP contribution in [0, 0.1) is 6.92 Å². The molecule has 0 N–H and O–H groups in total. The molecule has 106 valence electrons. The molecule has 4 rings (SSSR count). The van der Waals surface area contributed by atoms with E-state index < -0.39 is 0 Å². The SMILES string of the molecule is Cc1ccn(C2CCn3nc(-c4ccccc4)nc3C2)n1. The third kappa shape index (κ3) is 2.24. The summed E-state index contributed by atoms with van der Waals surface area (Å²) in [4.78, 5) is 4.71. The van der Waals surface area contributed by atoms with E-state index in [9.17, 15) is 0 Å². The molecule has 0 bridgehead atoms. The average molecular weight is 279 g/mol. The van der Waals surface area contributed by atoms with Crippen LogP contribution < -0.4 is 0 Å². The van der Waals surface area contributed by atoms with Gasteiger partial charge in [-0.05, 0) is 19.4 Å². The van der Waals surface area contributed by atoms with E-state index in [1.54, 1.807) is 0 Å². The predicted octanol–water partition coefficient (Wildman–Crippen LogP) is 2.64. The Morgan fingerprint density at radius 1 is 1.10 bits per heavy atom. The Bertz CT molecular complexity index is 756. The van der Waals surface area contributed by atoms with Crippen molar-refractivity contribution in [3.63, 3.8) is 0 Å². The first-order chi connectivity index (χ1) is 10.3. The monoisotopic (exact) mass is 279 g/mol. The summed E-state index contributed by atoms with van der Waals surface area (Å²) >= 11 is 0. The third-order valence-corrected chi connectivity index (χ3v) is 3.99. The summed E-state index contributed by atoms with van der Waals surface area (Å²) in [6, 6.07) is 12.6. The Balaban J connectivity index is 1.63. The Morgan fingerprint density at radius 2 is 1.95 bits per heavy atom. The van der Waals surface area contributed by atoms with Gasteiger partial charge in [0.05, 0.1) is 11.7 Å². The van der Waals surface area contributed by atoms with Crippen molar-refractivity contribution in [2.75, 3.05) is 0 Å². The number of aryl methyl sites for hydroxylation is 2. The lowest BCUT2D eigenvalue weighted by atomic mass is 10.1. The van der Waals surface area contributed by atoms with Crippen LogP contribution in [0.3, 0.4) is 0 Å². The van der Waals surface area contributed by atoms with E-state index in [1.807, 2.05) is 29.8 Å². The predicted molar refractivity (Wildman–Crippen MR) is 79.8 cm³/mol. The smallest absolute Gasteiger partial charge is 0.181 e. The van der Waals surface area contributed by atoms with Gasteiger partial charge in [0.2, 0.25) is 0 Å². The number of benzene rings is 1. The van der Waals surface area contributed by atoms with E-state index in [2.05, 4.69) is 39.3 Å².